The fraction of sp³-hybridized carbons (Fsp3) is 0.440. The van der Waals surface area contributed by atoms with Crippen LogP contribution >= 0.6 is 0 Å². The minimum Gasteiger partial charge on any atom is -0.481 e. The highest BCUT2D eigenvalue weighted by Crippen LogP contribution is 2.30. The normalized spacial score (nSPS) is 16.8. The van der Waals surface area contributed by atoms with Crippen LogP contribution in [0.4, 0.5) is 0 Å². The molecular weight excluding hydrogens is 376 g/mol. The van der Waals surface area contributed by atoms with Crippen LogP contribution in [0.25, 0.3) is 0 Å². The Balaban J connectivity index is 1.28. The summed E-state index contributed by atoms with van der Waals surface area (Å²) in [5, 5.41) is 2.97. The number of fused-ring (bicyclic) bond motifs is 1. The summed E-state index contributed by atoms with van der Waals surface area (Å²) >= 11 is 0. The second kappa shape index (κ2) is 9.33. The molecule has 1 aliphatic carbocycles. The number of likely N-dealkylation sites (tertiary alicyclic amines) is 1. The number of hydrogen-bond acceptors (Lipinski definition) is 3. The largest absolute Gasteiger partial charge is 0.481 e. The van der Waals surface area contributed by atoms with Crippen LogP contribution < -0.4 is 10.1 Å². The summed E-state index contributed by atoms with van der Waals surface area (Å²) in [7, 11) is 0. The third kappa shape index (κ3) is 4.84. The van der Waals surface area contributed by atoms with Gasteiger partial charge in [-0.2, -0.15) is 0 Å². The molecular formula is C25H30N2O3. The van der Waals surface area contributed by atoms with Gasteiger partial charge in [-0.05, 0) is 67.3 Å². The van der Waals surface area contributed by atoms with Crippen molar-refractivity contribution in [2.24, 2.45) is 0 Å². The van der Waals surface area contributed by atoms with Crippen molar-refractivity contribution in [2.45, 2.75) is 64.6 Å². The Hall–Kier alpha value is -2.82. The Bertz CT molecular complexity index is 907. The van der Waals surface area contributed by atoms with Crippen LogP contribution in [0, 0.1) is 0 Å². The van der Waals surface area contributed by atoms with Gasteiger partial charge in [-0.25, -0.2) is 0 Å². The summed E-state index contributed by atoms with van der Waals surface area (Å²) in [6.07, 6.45) is 5.59. The highest BCUT2D eigenvalue weighted by Gasteiger charge is 2.21. The SMILES string of the molecule is CC(Oc1cccc2c1CCCC2)C(=O)NCc1ccc(CN2CCCC2=O)cc1. The number of nitrogens with one attached hydrogen (secondary N) is 1. The van der Waals surface area contributed by atoms with Crippen LogP contribution in [0.15, 0.2) is 42.5 Å². The lowest BCUT2D eigenvalue weighted by Crippen LogP contribution is -2.36. The molecule has 0 spiro atoms. The second-order valence-corrected chi connectivity index (χ2v) is 8.31. The van der Waals surface area contributed by atoms with Gasteiger partial charge in [-0.1, -0.05) is 36.4 Å². The number of aryl methyl sites for hydroxylation is 1. The van der Waals surface area contributed by atoms with Gasteiger partial charge >= 0.3 is 0 Å². The molecule has 0 saturated carbocycles. The molecule has 2 aromatic carbocycles. The zero-order valence-corrected chi connectivity index (χ0v) is 17.7. The van der Waals surface area contributed by atoms with Crippen LogP contribution in [0.1, 0.15) is 54.9 Å². The number of hydrogen-bond donors (Lipinski definition) is 1. The highest BCUT2D eigenvalue weighted by molar-refractivity contribution is 5.80. The molecule has 4 rings (SSSR count). The lowest BCUT2D eigenvalue weighted by atomic mass is 9.91. The number of carbonyl (C=O) groups is 2. The standard InChI is InChI=1S/C25H30N2O3/c1-18(30-23-9-4-7-21-6-2-3-8-22(21)23)25(29)26-16-19-11-13-20(14-12-19)17-27-15-5-10-24(27)28/h4,7,9,11-14,18H,2-3,5-6,8,10,15-17H2,1H3,(H,26,29). The van der Waals surface area contributed by atoms with E-state index in [0.29, 0.717) is 19.5 Å². The Morgan fingerprint density at radius 3 is 2.57 bits per heavy atom. The van der Waals surface area contributed by atoms with Gasteiger partial charge in [0.2, 0.25) is 5.91 Å². The Kier molecular flexibility index (Phi) is 6.36. The summed E-state index contributed by atoms with van der Waals surface area (Å²) in [5.41, 5.74) is 4.76. The first-order chi connectivity index (χ1) is 14.6. The molecule has 1 aliphatic heterocycles. The van der Waals surface area contributed by atoms with Gasteiger partial charge in [-0.3, -0.25) is 9.59 Å². The zero-order chi connectivity index (χ0) is 20.9. The van der Waals surface area contributed by atoms with Crippen molar-refractivity contribution >= 4 is 11.8 Å². The van der Waals surface area contributed by atoms with Crippen molar-refractivity contribution in [3.8, 4) is 5.75 Å². The van der Waals surface area contributed by atoms with Crippen molar-refractivity contribution in [2.75, 3.05) is 6.54 Å². The van der Waals surface area contributed by atoms with Crippen molar-refractivity contribution in [3.63, 3.8) is 0 Å². The average Bonchev–Trinajstić information content (AvgIpc) is 3.17. The third-order valence-corrected chi connectivity index (χ3v) is 6.06. The maximum Gasteiger partial charge on any atom is 0.261 e. The predicted octanol–water partition coefficient (Wildman–Crippen LogP) is 3.77. The number of ether oxygens (including phenoxy) is 1. The van der Waals surface area contributed by atoms with Crippen molar-refractivity contribution < 1.29 is 14.3 Å². The molecule has 2 aromatic rings. The predicted molar refractivity (Wildman–Crippen MR) is 116 cm³/mol. The van der Waals surface area contributed by atoms with E-state index >= 15 is 0 Å². The van der Waals surface area contributed by atoms with Gasteiger partial charge in [-0.15, -0.1) is 0 Å². The van der Waals surface area contributed by atoms with Crippen LogP contribution in [0.2, 0.25) is 0 Å². The maximum atomic E-state index is 12.5. The monoisotopic (exact) mass is 406 g/mol. The van der Waals surface area contributed by atoms with Crippen molar-refractivity contribution in [1.29, 1.82) is 0 Å². The first-order valence-electron chi connectivity index (χ1n) is 11.0. The van der Waals surface area contributed by atoms with E-state index in [1.165, 1.54) is 24.0 Å². The highest BCUT2D eigenvalue weighted by atomic mass is 16.5. The molecule has 1 unspecified atom stereocenters. The van der Waals surface area contributed by atoms with Crippen LogP contribution in [-0.4, -0.2) is 29.4 Å². The molecule has 1 N–H and O–H groups in total. The first kappa shape index (κ1) is 20.5. The maximum absolute atomic E-state index is 12.5. The number of rotatable bonds is 7. The van der Waals surface area contributed by atoms with Gasteiger partial charge in [0.05, 0.1) is 0 Å². The van der Waals surface area contributed by atoms with Crippen LogP contribution in [0.5, 0.6) is 5.75 Å². The van der Waals surface area contributed by atoms with E-state index in [9.17, 15) is 9.59 Å². The molecule has 30 heavy (non-hydrogen) atoms. The van der Waals surface area contributed by atoms with E-state index in [2.05, 4.69) is 11.4 Å². The lowest BCUT2D eigenvalue weighted by molar-refractivity contribution is -0.128. The summed E-state index contributed by atoms with van der Waals surface area (Å²) in [5.74, 6) is 0.964. The minimum atomic E-state index is -0.543. The molecule has 1 heterocycles. The summed E-state index contributed by atoms with van der Waals surface area (Å²) in [6.45, 7) is 3.77. The Labute approximate surface area is 178 Å². The molecule has 1 atom stereocenters. The smallest absolute Gasteiger partial charge is 0.261 e. The average molecular weight is 407 g/mol. The number of amides is 2. The Morgan fingerprint density at radius 1 is 1.03 bits per heavy atom. The molecule has 2 amide bonds. The lowest BCUT2D eigenvalue weighted by Gasteiger charge is -2.22. The third-order valence-electron chi connectivity index (χ3n) is 6.06. The van der Waals surface area contributed by atoms with E-state index in [0.717, 1.165) is 42.7 Å². The Morgan fingerprint density at radius 2 is 1.80 bits per heavy atom. The van der Waals surface area contributed by atoms with Crippen LogP contribution in [0.3, 0.4) is 0 Å². The van der Waals surface area contributed by atoms with Gasteiger partial charge < -0.3 is 15.0 Å². The number of nitrogens with zero attached hydrogens (tertiary/aromatic N) is 1. The van der Waals surface area contributed by atoms with E-state index in [1.807, 2.05) is 41.3 Å². The van der Waals surface area contributed by atoms with Gasteiger partial charge in [0, 0.05) is 26.1 Å². The molecule has 1 fully saturated rings. The van der Waals surface area contributed by atoms with Crippen molar-refractivity contribution in [3.05, 3.63) is 64.7 Å². The van der Waals surface area contributed by atoms with E-state index < -0.39 is 6.10 Å². The molecule has 0 aromatic heterocycles. The van der Waals surface area contributed by atoms with Gasteiger partial charge in [0.25, 0.3) is 5.91 Å². The number of carbonyl (C=O) groups excluding carboxylic acids is 2. The molecule has 2 aliphatic rings. The zero-order valence-electron chi connectivity index (χ0n) is 17.7. The fourth-order valence-electron chi connectivity index (χ4n) is 4.29. The van der Waals surface area contributed by atoms with Crippen molar-refractivity contribution in [1.82, 2.24) is 10.2 Å². The molecule has 1 saturated heterocycles. The fourth-order valence-corrected chi connectivity index (χ4v) is 4.29. The molecule has 0 bridgehead atoms. The second-order valence-electron chi connectivity index (χ2n) is 8.31. The van der Waals surface area contributed by atoms with E-state index in [-0.39, 0.29) is 11.8 Å². The number of benzene rings is 2. The quantitative estimate of drug-likeness (QED) is 0.761. The molecule has 5 nitrogen and oxygen atoms in total. The summed E-state index contributed by atoms with van der Waals surface area (Å²) in [4.78, 5) is 26.2. The molecule has 5 heteroatoms. The first-order valence-corrected chi connectivity index (χ1v) is 11.0. The van der Waals surface area contributed by atoms with Gasteiger partial charge in [0.15, 0.2) is 6.10 Å². The summed E-state index contributed by atoms with van der Waals surface area (Å²) < 4.78 is 6.02. The van der Waals surface area contributed by atoms with Gasteiger partial charge in [0.1, 0.15) is 5.75 Å². The van der Waals surface area contributed by atoms with Crippen LogP contribution in [-0.2, 0) is 35.5 Å². The van der Waals surface area contributed by atoms with E-state index in [1.54, 1.807) is 6.92 Å². The van der Waals surface area contributed by atoms with E-state index in [4.69, 9.17) is 4.74 Å². The summed E-state index contributed by atoms with van der Waals surface area (Å²) in [6, 6.07) is 14.2. The molecule has 0 radical (unpaired) electrons. The molecule has 158 valence electrons. The topological polar surface area (TPSA) is 58.6 Å². The minimum absolute atomic E-state index is 0.116.